The van der Waals surface area contributed by atoms with Gasteiger partial charge in [-0.05, 0) is 27.2 Å². The smallest absolute Gasteiger partial charge is 0.239 e. The molecular weight excluding hydrogens is 206 g/mol. The average molecular weight is 229 g/mol. The summed E-state index contributed by atoms with van der Waals surface area (Å²) in [6.45, 7) is 6.28. The standard InChI is InChI=1S/C11H23N3O2/c1-5-14(8-9(15)13-4)10(16)6-7-11(2,3)12/h5-8,12H2,1-4H3,(H,13,15). The van der Waals surface area contributed by atoms with E-state index >= 15 is 0 Å². The van der Waals surface area contributed by atoms with Gasteiger partial charge in [-0.3, -0.25) is 9.59 Å². The van der Waals surface area contributed by atoms with Gasteiger partial charge < -0.3 is 16.0 Å². The highest BCUT2D eigenvalue weighted by Crippen LogP contribution is 2.08. The van der Waals surface area contributed by atoms with E-state index in [9.17, 15) is 9.59 Å². The lowest BCUT2D eigenvalue weighted by Crippen LogP contribution is -2.41. The summed E-state index contributed by atoms with van der Waals surface area (Å²) in [5.41, 5.74) is 5.46. The van der Waals surface area contributed by atoms with Gasteiger partial charge in [0.05, 0.1) is 6.54 Å². The van der Waals surface area contributed by atoms with Crippen molar-refractivity contribution in [3.05, 3.63) is 0 Å². The molecule has 16 heavy (non-hydrogen) atoms. The number of carbonyl (C=O) groups excluding carboxylic acids is 2. The van der Waals surface area contributed by atoms with E-state index in [0.29, 0.717) is 19.4 Å². The van der Waals surface area contributed by atoms with E-state index in [1.54, 1.807) is 7.05 Å². The number of amides is 2. The first-order valence-corrected chi connectivity index (χ1v) is 5.57. The molecule has 0 saturated heterocycles. The normalized spacial score (nSPS) is 11.1. The summed E-state index contributed by atoms with van der Waals surface area (Å²) in [5.74, 6) is -0.174. The molecule has 0 unspecified atom stereocenters. The number of nitrogens with one attached hydrogen (secondary N) is 1. The lowest BCUT2D eigenvalue weighted by Gasteiger charge is -2.23. The van der Waals surface area contributed by atoms with Crippen molar-refractivity contribution in [2.75, 3.05) is 20.1 Å². The first-order chi connectivity index (χ1) is 7.30. The topological polar surface area (TPSA) is 75.4 Å². The first-order valence-electron chi connectivity index (χ1n) is 5.57. The molecule has 0 aliphatic heterocycles. The van der Waals surface area contributed by atoms with Gasteiger partial charge in [-0.15, -0.1) is 0 Å². The summed E-state index contributed by atoms with van der Waals surface area (Å²) >= 11 is 0. The molecule has 0 radical (unpaired) electrons. The van der Waals surface area contributed by atoms with Gasteiger partial charge in [-0.2, -0.15) is 0 Å². The number of carbonyl (C=O) groups is 2. The second-order valence-electron chi connectivity index (χ2n) is 4.57. The van der Waals surface area contributed by atoms with E-state index in [-0.39, 0.29) is 23.9 Å². The van der Waals surface area contributed by atoms with Gasteiger partial charge in [0.2, 0.25) is 11.8 Å². The summed E-state index contributed by atoms with van der Waals surface area (Å²) in [6, 6.07) is 0. The molecule has 0 rings (SSSR count). The van der Waals surface area contributed by atoms with Crippen LogP contribution in [0.2, 0.25) is 0 Å². The van der Waals surface area contributed by atoms with Crippen molar-refractivity contribution in [3.8, 4) is 0 Å². The Balaban J connectivity index is 4.16. The van der Waals surface area contributed by atoms with Crippen molar-refractivity contribution >= 4 is 11.8 Å². The van der Waals surface area contributed by atoms with Gasteiger partial charge in [-0.1, -0.05) is 0 Å². The number of nitrogens with zero attached hydrogens (tertiary/aromatic N) is 1. The predicted molar refractivity (Wildman–Crippen MR) is 63.8 cm³/mol. The third-order valence-corrected chi connectivity index (χ3v) is 2.33. The molecule has 94 valence electrons. The molecule has 0 spiro atoms. The number of hydrogen-bond acceptors (Lipinski definition) is 3. The van der Waals surface area contributed by atoms with E-state index < -0.39 is 0 Å². The minimum atomic E-state index is -0.345. The minimum absolute atomic E-state index is 0.0235. The minimum Gasteiger partial charge on any atom is -0.358 e. The Labute approximate surface area is 97.4 Å². The van der Waals surface area contributed by atoms with Crippen LogP contribution in [0.25, 0.3) is 0 Å². The van der Waals surface area contributed by atoms with E-state index in [0.717, 1.165) is 0 Å². The van der Waals surface area contributed by atoms with Crippen molar-refractivity contribution in [3.63, 3.8) is 0 Å². The van der Waals surface area contributed by atoms with Crippen LogP contribution in [0.15, 0.2) is 0 Å². The molecule has 0 saturated carbocycles. The van der Waals surface area contributed by atoms with Crippen molar-refractivity contribution in [1.29, 1.82) is 0 Å². The molecule has 0 aromatic rings. The Morgan fingerprint density at radius 3 is 2.31 bits per heavy atom. The van der Waals surface area contributed by atoms with Crippen LogP contribution in [-0.4, -0.2) is 42.4 Å². The van der Waals surface area contributed by atoms with Crippen LogP contribution in [0.5, 0.6) is 0 Å². The maximum Gasteiger partial charge on any atom is 0.239 e. The monoisotopic (exact) mass is 229 g/mol. The highest BCUT2D eigenvalue weighted by molar-refractivity contribution is 5.84. The van der Waals surface area contributed by atoms with E-state index in [1.807, 2.05) is 20.8 Å². The van der Waals surface area contributed by atoms with Gasteiger partial charge in [-0.25, -0.2) is 0 Å². The van der Waals surface area contributed by atoms with E-state index in [4.69, 9.17) is 5.73 Å². The van der Waals surface area contributed by atoms with Gasteiger partial charge >= 0.3 is 0 Å². The quantitative estimate of drug-likeness (QED) is 0.678. The maximum atomic E-state index is 11.8. The number of likely N-dealkylation sites (N-methyl/N-ethyl adjacent to an activating group) is 2. The molecule has 0 fully saturated rings. The highest BCUT2D eigenvalue weighted by atomic mass is 16.2. The third-order valence-electron chi connectivity index (χ3n) is 2.33. The molecule has 5 heteroatoms. The second-order valence-corrected chi connectivity index (χ2v) is 4.57. The lowest BCUT2D eigenvalue weighted by molar-refractivity contribution is -0.136. The van der Waals surface area contributed by atoms with Crippen molar-refractivity contribution in [1.82, 2.24) is 10.2 Å². The van der Waals surface area contributed by atoms with Gasteiger partial charge in [0.25, 0.3) is 0 Å². The highest BCUT2D eigenvalue weighted by Gasteiger charge is 2.18. The Kier molecular flexibility index (Phi) is 6.03. The SMILES string of the molecule is CCN(CC(=O)NC)C(=O)CCC(C)(C)N. The van der Waals surface area contributed by atoms with Crippen LogP contribution in [0.4, 0.5) is 0 Å². The lowest BCUT2D eigenvalue weighted by atomic mass is 10.00. The average Bonchev–Trinajstić information content (AvgIpc) is 2.21. The molecule has 0 aliphatic rings. The van der Waals surface area contributed by atoms with Crippen LogP contribution in [0.1, 0.15) is 33.6 Å². The molecule has 5 nitrogen and oxygen atoms in total. The summed E-state index contributed by atoms with van der Waals surface area (Å²) in [5, 5.41) is 2.50. The zero-order valence-electron chi connectivity index (χ0n) is 10.7. The summed E-state index contributed by atoms with van der Waals surface area (Å²) in [4.78, 5) is 24.5. The van der Waals surface area contributed by atoms with Gasteiger partial charge in [0.1, 0.15) is 0 Å². The fourth-order valence-corrected chi connectivity index (χ4v) is 1.22. The van der Waals surface area contributed by atoms with Crippen LogP contribution >= 0.6 is 0 Å². The zero-order chi connectivity index (χ0) is 12.8. The fourth-order valence-electron chi connectivity index (χ4n) is 1.22. The molecule has 3 N–H and O–H groups in total. The first kappa shape index (κ1) is 14.9. The Hall–Kier alpha value is -1.10. The van der Waals surface area contributed by atoms with Crippen LogP contribution in [-0.2, 0) is 9.59 Å². The summed E-state index contributed by atoms with van der Waals surface area (Å²) < 4.78 is 0. The summed E-state index contributed by atoms with van der Waals surface area (Å²) in [7, 11) is 1.56. The van der Waals surface area contributed by atoms with E-state index in [2.05, 4.69) is 5.32 Å². The van der Waals surface area contributed by atoms with E-state index in [1.165, 1.54) is 4.90 Å². The molecule has 0 aromatic heterocycles. The van der Waals surface area contributed by atoms with Crippen molar-refractivity contribution in [2.24, 2.45) is 5.73 Å². The Morgan fingerprint density at radius 1 is 1.38 bits per heavy atom. The number of hydrogen-bond donors (Lipinski definition) is 2. The second kappa shape index (κ2) is 6.48. The van der Waals surface area contributed by atoms with Gasteiger partial charge in [0.15, 0.2) is 0 Å². The predicted octanol–water partition coefficient (Wildman–Crippen LogP) is 0.0984. The van der Waals surface area contributed by atoms with Crippen LogP contribution in [0, 0.1) is 0 Å². The zero-order valence-corrected chi connectivity index (χ0v) is 10.7. The van der Waals surface area contributed by atoms with Crippen LogP contribution in [0.3, 0.4) is 0 Å². The number of rotatable bonds is 6. The maximum absolute atomic E-state index is 11.8. The molecule has 0 aliphatic carbocycles. The third kappa shape index (κ3) is 6.40. The molecule has 0 bridgehead atoms. The van der Waals surface area contributed by atoms with Crippen molar-refractivity contribution in [2.45, 2.75) is 39.2 Å². The Bertz CT molecular complexity index is 246. The molecule has 0 heterocycles. The van der Waals surface area contributed by atoms with Crippen LogP contribution < -0.4 is 11.1 Å². The molecule has 0 atom stereocenters. The molecule has 0 aromatic carbocycles. The largest absolute Gasteiger partial charge is 0.358 e. The van der Waals surface area contributed by atoms with Crippen molar-refractivity contribution < 1.29 is 9.59 Å². The molecule has 2 amide bonds. The van der Waals surface area contributed by atoms with Gasteiger partial charge in [0, 0.05) is 25.6 Å². The molecular formula is C11H23N3O2. The number of nitrogens with two attached hydrogens (primary N) is 1. The Morgan fingerprint density at radius 2 is 1.94 bits per heavy atom. The summed E-state index contributed by atoms with van der Waals surface area (Å²) in [6.07, 6.45) is 1.00. The fraction of sp³-hybridized carbons (Fsp3) is 0.818.